The van der Waals surface area contributed by atoms with Gasteiger partial charge >= 0.3 is 0 Å². The molecule has 5 rings (SSSR count). The largest absolute Gasteiger partial charge is 0.342 e. The van der Waals surface area contributed by atoms with E-state index in [0.717, 1.165) is 23.7 Å². The highest BCUT2D eigenvalue weighted by molar-refractivity contribution is 7.13. The summed E-state index contributed by atoms with van der Waals surface area (Å²) in [6.07, 6.45) is 2.58. The van der Waals surface area contributed by atoms with Crippen LogP contribution < -0.4 is 4.90 Å². The first-order valence-electron chi connectivity index (χ1n) is 7.38. The van der Waals surface area contributed by atoms with Crippen molar-refractivity contribution in [2.24, 2.45) is 0 Å². The molecule has 0 radical (unpaired) electrons. The fraction of sp³-hybridized carbons (Fsp3) is 0.400. The van der Waals surface area contributed by atoms with Crippen molar-refractivity contribution in [1.29, 1.82) is 0 Å². The van der Waals surface area contributed by atoms with Gasteiger partial charge in [0.2, 0.25) is 5.13 Å². The maximum Gasteiger partial charge on any atom is 0.208 e. The zero-order valence-corrected chi connectivity index (χ0v) is 12.3. The number of nitrogens with zero attached hydrogens (tertiary/aromatic N) is 5. The van der Waals surface area contributed by atoms with Gasteiger partial charge in [0.15, 0.2) is 0 Å². The summed E-state index contributed by atoms with van der Waals surface area (Å²) in [4.78, 5) is 7.18. The van der Waals surface area contributed by atoms with Gasteiger partial charge in [0, 0.05) is 19.0 Å². The van der Waals surface area contributed by atoms with E-state index in [4.69, 9.17) is 4.98 Å². The molecule has 3 aromatic rings. The summed E-state index contributed by atoms with van der Waals surface area (Å²) >= 11 is 1.61. The van der Waals surface area contributed by atoms with Crippen LogP contribution >= 0.6 is 11.3 Å². The normalized spacial score (nSPS) is 19.1. The van der Waals surface area contributed by atoms with E-state index < -0.39 is 0 Å². The highest BCUT2D eigenvalue weighted by Crippen LogP contribution is 2.43. The Morgan fingerprint density at radius 1 is 1.14 bits per heavy atom. The minimum atomic E-state index is 0.511. The molecule has 0 atom stereocenters. The van der Waals surface area contributed by atoms with Gasteiger partial charge in [0.05, 0.1) is 17.1 Å². The molecular formula is C15H15N5S. The van der Waals surface area contributed by atoms with Crippen molar-refractivity contribution in [2.45, 2.75) is 24.8 Å². The lowest BCUT2D eigenvalue weighted by atomic mass is 10.1. The van der Waals surface area contributed by atoms with Crippen molar-refractivity contribution in [3.05, 3.63) is 35.6 Å². The molecule has 21 heavy (non-hydrogen) atoms. The Kier molecular flexibility index (Phi) is 2.38. The van der Waals surface area contributed by atoms with Crippen LogP contribution in [0.4, 0.5) is 5.13 Å². The van der Waals surface area contributed by atoms with Crippen molar-refractivity contribution in [2.75, 3.05) is 18.0 Å². The van der Waals surface area contributed by atoms with Crippen molar-refractivity contribution < 1.29 is 0 Å². The van der Waals surface area contributed by atoms with Crippen LogP contribution in [0.15, 0.2) is 29.8 Å². The number of hydrogen-bond donors (Lipinski definition) is 0. The van der Waals surface area contributed by atoms with Crippen LogP contribution in [0.25, 0.3) is 11.0 Å². The minimum Gasteiger partial charge on any atom is -0.342 e. The maximum atomic E-state index is 4.88. The quantitative estimate of drug-likeness (QED) is 0.746. The smallest absolute Gasteiger partial charge is 0.208 e. The molecular weight excluding hydrogens is 282 g/mol. The molecule has 5 nitrogen and oxygen atoms in total. The monoisotopic (exact) mass is 297 g/mol. The lowest BCUT2D eigenvalue weighted by Crippen LogP contribution is -2.48. The third kappa shape index (κ3) is 1.78. The highest BCUT2D eigenvalue weighted by Gasteiger charge is 2.36. The molecule has 0 unspecified atom stereocenters. The van der Waals surface area contributed by atoms with Gasteiger partial charge in [-0.3, -0.25) is 0 Å². The Bertz CT molecular complexity index is 784. The number of fused-ring (bicyclic) bond motifs is 1. The van der Waals surface area contributed by atoms with Gasteiger partial charge in [-0.2, -0.15) is 0 Å². The van der Waals surface area contributed by atoms with E-state index in [1.54, 1.807) is 16.8 Å². The van der Waals surface area contributed by atoms with Crippen LogP contribution in [-0.4, -0.2) is 32.8 Å². The predicted octanol–water partition coefficient (Wildman–Crippen LogP) is 2.83. The highest BCUT2D eigenvalue weighted by atomic mass is 32.1. The minimum absolute atomic E-state index is 0.511. The van der Waals surface area contributed by atoms with E-state index in [9.17, 15) is 0 Å². The molecule has 1 aliphatic carbocycles. The van der Waals surface area contributed by atoms with Crippen LogP contribution in [0.1, 0.15) is 30.6 Å². The van der Waals surface area contributed by atoms with Crippen molar-refractivity contribution in [3.63, 3.8) is 0 Å². The van der Waals surface area contributed by atoms with Crippen LogP contribution in [0.2, 0.25) is 0 Å². The lowest BCUT2D eigenvalue weighted by Gasteiger charge is -2.40. The van der Waals surface area contributed by atoms with Gasteiger partial charge in [-0.1, -0.05) is 23.5 Å². The van der Waals surface area contributed by atoms with E-state index in [-0.39, 0.29) is 0 Å². The Balaban J connectivity index is 1.51. The van der Waals surface area contributed by atoms with E-state index in [2.05, 4.69) is 43.9 Å². The summed E-state index contributed by atoms with van der Waals surface area (Å²) < 4.78 is 2.48. The third-order valence-corrected chi connectivity index (χ3v) is 5.16. The van der Waals surface area contributed by atoms with E-state index >= 15 is 0 Å². The summed E-state index contributed by atoms with van der Waals surface area (Å²) in [7, 11) is 0. The van der Waals surface area contributed by atoms with E-state index in [1.165, 1.54) is 24.2 Å². The average molecular weight is 297 g/mol. The molecule has 1 saturated carbocycles. The van der Waals surface area contributed by atoms with Gasteiger partial charge in [-0.05, 0) is 25.0 Å². The molecule has 2 fully saturated rings. The molecule has 2 aromatic heterocycles. The molecule has 2 aliphatic rings. The fourth-order valence-electron chi connectivity index (χ4n) is 3.16. The number of para-hydroxylation sites is 2. The molecule has 1 aromatic carbocycles. The molecule has 0 N–H and O–H groups in total. The molecule has 3 heterocycles. The Hall–Kier alpha value is -1.95. The molecule has 0 spiro atoms. The fourth-order valence-corrected chi connectivity index (χ4v) is 3.74. The standard InChI is InChI=1S/C15H15N5S/c1-2-4-13-12(3-1)17-14(10-5-6-10)20(13)11-7-19(8-11)15-18-16-9-21-15/h1-4,9-11H,5-8H2. The van der Waals surface area contributed by atoms with Gasteiger partial charge < -0.3 is 9.47 Å². The topological polar surface area (TPSA) is 46.8 Å². The second kappa shape index (κ2) is 4.27. The molecule has 6 heteroatoms. The Morgan fingerprint density at radius 2 is 2.00 bits per heavy atom. The summed E-state index contributed by atoms with van der Waals surface area (Å²) in [5, 5.41) is 9.11. The lowest BCUT2D eigenvalue weighted by molar-refractivity contribution is 0.397. The van der Waals surface area contributed by atoms with Crippen LogP contribution in [0.5, 0.6) is 0 Å². The zero-order chi connectivity index (χ0) is 13.8. The molecule has 1 aliphatic heterocycles. The van der Waals surface area contributed by atoms with E-state index in [0.29, 0.717) is 12.0 Å². The first kappa shape index (κ1) is 11.7. The third-order valence-electron chi connectivity index (χ3n) is 4.41. The van der Waals surface area contributed by atoms with Crippen molar-refractivity contribution in [1.82, 2.24) is 19.7 Å². The number of aromatic nitrogens is 4. The van der Waals surface area contributed by atoms with Crippen LogP contribution in [-0.2, 0) is 0 Å². The number of benzene rings is 1. The van der Waals surface area contributed by atoms with Crippen LogP contribution in [0.3, 0.4) is 0 Å². The summed E-state index contributed by atoms with van der Waals surface area (Å²) in [6.45, 7) is 2.02. The Labute approximate surface area is 126 Å². The van der Waals surface area contributed by atoms with Gasteiger partial charge in [-0.15, -0.1) is 10.2 Å². The first-order valence-corrected chi connectivity index (χ1v) is 8.26. The van der Waals surface area contributed by atoms with Gasteiger partial charge in [0.1, 0.15) is 11.3 Å². The predicted molar refractivity (Wildman–Crippen MR) is 82.9 cm³/mol. The van der Waals surface area contributed by atoms with E-state index in [1.807, 2.05) is 0 Å². The number of anilines is 1. The molecule has 0 bridgehead atoms. The second-order valence-electron chi connectivity index (χ2n) is 5.88. The van der Waals surface area contributed by atoms with Gasteiger partial charge in [-0.25, -0.2) is 4.98 Å². The van der Waals surface area contributed by atoms with Gasteiger partial charge in [0.25, 0.3) is 0 Å². The molecule has 106 valence electrons. The molecule has 0 amide bonds. The second-order valence-corrected chi connectivity index (χ2v) is 6.69. The summed E-state index contributed by atoms with van der Waals surface area (Å²) in [6, 6.07) is 9.01. The molecule has 1 saturated heterocycles. The number of imidazole rings is 1. The first-order chi connectivity index (χ1) is 10.4. The Morgan fingerprint density at radius 3 is 2.76 bits per heavy atom. The maximum absolute atomic E-state index is 4.88. The number of hydrogen-bond acceptors (Lipinski definition) is 5. The summed E-state index contributed by atoms with van der Waals surface area (Å²) in [5.74, 6) is 1.96. The summed E-state index contributed by atoms with van der Waals surface area (Å²) in [5.41, 5.74) is 4.21. The number of rotatable bonds is 3. The zero-order valence-electron chi connectivity index (χ0n) is 11.5. The van der Waals surface area contributed by atoms with Crippen molar-refractivity contribution >= 4 is 27.5 Å². The van der Waals surface area contributed by atoms with Crippen molar-refractivity contribution in [3.8, 4) is 0 Å². The van der Waals surface area contributed by atoms with Crippen LogP contribution in [0, 0.1) is 0 Å². The SMILES string of the molecule is c1ccc2c(c1)nc(C1CC1)n2C1CN(c2nncs2)C1. The average Bonchev–Trinajstić information content (AvgIpc) is 3.04.